The van der Waals surface area contributed by atoms with Gasteiger partial charge < -0.3 is 4.74 Å². The molecule has 0 aliphatic rings. The smallest absolute Gasteiger partial charge is 0.358 e. The predicted octanol–water partition coefficient (Wildman–Crippen LogP) is 4.25. The Kier molecular flexibility index (Phi) is 5.93. The third-order valence-corrected chi connectivity index (χ3v) is 3.59. The fourth-order valence-electron chi connectivity index (χ4n) is 2.34. The van der Waals surface area contributed by atoms with E-state index in [-0.39, 0.29) is 0 Å². The average molecular weight is 346 g/mol. The Morgan fingerprint density at radius 1 is 1.29 bits per heavy atom. The lowest BCUT2D eigenvalue weighted by Gasteiger charge is -2.04. The van der Waals surface area contributed by atoms with Crippen LogP contribution in [0.15, 0.2) is 36.7 Å². The summed E-state index contributed by atoms with van der Waals surface area (Å²) in [5.74, 6) is -0.425. The van der Waals surface area contributed by atoms with Crippen molar-refractivity contribution < 1.29 is 9.53 Å². The number of aromatic nitrogens is 3. The van der Waals surface area contributed by atoms with Crippen molar-refractivity contribution in [3.63, 3.8) is 0 Å². The van der Waals surface area contributed by atoms with Gasteiger partial charge in [-0.1, -0.05) is 31.5 Å². The molecule has 0 saturated carbocycles. The van der Waals surface area contributed by atoms with Crippen LogP contribution in [0, 0.1) is 6.92 Å². The molecular formula is C18H20ClN3O2. The summed E-state index contributed by atoms with van der Waals surface area (Å²) >= 11 is 5.97. The van der Waals surface area contributed by atoms with Gasteiger partial charge in [-0.25, -0.2) is 4.79 Å². The van der Waals surface area contributed by atoms with E-state index in [9.17, 15) is 4.79 Å². The van der Waals surface area contributed by atoms with Gasteiger partial charge in [0, 0.05) is 23.3 Å². The monoisotopic (exact) mass is 345 g/mol. The van der Waals surface area contributed by atoms with Crippen molar-refractivity contribution in [3.8, 4) is 0 Å². The zero-order valence-corrected chi connectivity index (χ0v) is 15.0. The maximum Gasteiger partial charge on any atom is 0.358 e. The van der Waals surface area contributed by atoms with Gasteiger partial charge in [0.2, 0.25) is 0 Å². The van der Waals surface area contributed by atoms with E-state index in [1.165, 1.54) is 7.11 Å². The van der Waals surface area contributed by atoms with Crippen LogP contribution in [0.25, 0.3) is 10.9 Å². The van der Waals surface area contributed by atoms with Crippen LogP contribution in [0.5, 0.6) is 0 Å². The van der Waals surface area contributed by atoms with E-state index in [4.69, 9.17) is 16.3 Å². The highest BCUT2D eigenvalue weighted by Crippen LogP contribution is 2.19. The minimum atomic E-state index is -0.425. The molecule has 0 radical (unpaired) electrons. The minimum absolute atomic E-state index is 0.341. The fourth-order valence-corrected chi connectivity index (χ4v) is 2.51. The van der Waals surface area contributed by atoms with E-state index >= 15 is 0 Å². The van der Waals surface area contributed by atoms with Gasteiger partial charge in [0.15, 0.2) is 5.69 Å². The van der Waals surface area contributed by atoms with Crippen LogP contribution in [-0.4, -0.2) is 27.8 Å². The van der Waals surface area contributed by atoms with Gasteiger partial charge in [-0.2, -0.15) is 5.10 Å². The van der Waals surface area contributed by atoms with Crippen LogP contribution >= 0.6 is 11.6 Å². The van der Waals surface area contributed by atoms with Crippen LogP contribution in [0.4, 0.5) is 0 Å². The molecule has 126 valence electrons. The first-order chi connectivity index (χ1) is 11.6. The Labute approximate surface area is 146 Å². The molecule has 2 heterocycles. The van der Waals surface area contributed by atoms with Crippen LogP contribution < -0.4 is 0 Å². The van der Waals surface area contributed by atoms with Crippen molar-refractivity contribution in [3.05, 3.63) is 58.5 Å². The molecule has 24 heavy (non-hydrogen) atoms. The summed E-state index contributed by atoms with van der Waals surface area (Å²) in [7, 11) is 1.35. The van der Waals surface area contributed by atoms with Crippen molar-refractivity contribution in [1.82, 2.24) is 14.8 Å². The van der Waals surface area contributed by atoms with E-state index in [2.05, 4.69) is 10.1 Å². The highest BCUT2D eigenvalue weighted by Gasteiger charge is 2.14. The molecule has 0 amide bonds. The number of fused-ring (bicyclic) bond motifs is 1. The van der Waals surface area contributed by atoms with Gasteiger partial charge >= 0.3 is 5.97 Å². The number of methoxy groups -OCH3 is 1. The molecule has 0 aliphatic heterocycles. The SMILES string of the molecule is CC.COC(=O)c1nn(Cc2ccc3ncc(Cl)cc3c2)cc1C. The Balaban J connectivity index is 0.00000100. The molecule has 0 N–H and O–H groups in total. The summed E-state index contributed by atoms with van der Waals surface area (Å²) < 4.78 is 6.44. The minimum Gasteiger partial charge on any atom is -0.464 e. The lowest BCUT2D eigenvalue weighted by Crippen LogP contribution is -2.06. The van der Waals surface area contributed by atoms with Gasteiger partial charge in [-0.3, -0.25) is 9.67 Å². The maximum absolute atomic E-state index is 11.6. The van der Waals surface area contributed by atoms with Crippen molar-refractivity contribution in [2.24, 2.45) is 0 Å². The molecule has 3 aromatic rings. The zero-order valence-electron chi connectivity index (χ0n) is 14.2. The van der Waals surface area contributed by atoms with E-state index in [0.29, 0.717) is 17.3 Å². The molecule has 0 saturated heterocycles. The number of hydrogen-bond acceptors (Lipinski definition) is 4. The third-order valence-electron chi connectivity index (χ3n) is 3.38. The standard InChI is InChI=1S/C16H14ClN3O2.C2H6/c1-10-8-20(19-15(10)16(21)22-2)9-11-3-4-14-12(5-11)6-13(17)7-18-14;1-2/h3-8H,9H2,1-2H3;1-2H3. The first-order valence-electron chi connectivity index (χ1n) is 7.73. The maximum atomic E-state index is 11.6. The lowest BCUT2D eigenvalue weighted by molar-refractivity contribution is 0.0592. The van der Waals surface area contributed by atoms with Gasteiger partial charge in [-0.05, 0) is 30.7 Å². The first kappa shape index (κ1) is 17.9. The molecule has 0 spiro atoms. The average Bonchev–Trinajstić information content (AvgIpc) is 2.96. The van der Waals surface area contributed by atoms with E-state index in [1.807, 2.05) is 51.2 Å². The van der Waals surface area contributed by atoms with Crippen molar-refractivity contribution in [2.45, 2.75) is 27.3 Å². The third kappa shape index (κ3) is 3.92. The number of hydrogen-bond donors (Lipinski definition) is 0. The number of rotatable bonds is 3. The van der Waals surface area contributed by atoms with Crippen LogP contribution in [0.3, 0.4) is 0 Å². The second-order valence-electron chi connectivity index (χ2n) is 5.03. The summed E-state index contributed by atoms with van der Waals surface area (Å²) in [4.78, 5) is 15.9. The summed E-state index contributed by atoms with van der Waals surface area (Å²) in [6.45, 7) is 6.39. The molecular weight excluding hydrogens is 326 g/mol. The molecule has 2 aromatic heterocycles. The topological polar surface area (TPSA) is 57.0 Å². The highest BCUT2D eigenvalue weighted by atomic mass is 35.5. The van der Waals surface area contributed by atoms with E-state index in [1.54, 1.807) is 10.9 Å². The summed E-state index contributed by atoms with van der Waals surface area (Å²) in [6.07, 6.45) is 3.45. The number of benzene rings is 1. The second-order valence-corrected chi connectivity index (χ2v) is 5.47. The number of nitrogens with zero attached hydrogens (tertiary/aromatic N) is 3. The largest absolute Gasteiger partial charge is 0.464 e. The van der Waals surface area contributed by atoms with E-state index < -0.39 is 5.97 Å². The molecule has 0 fully saturated rings. The Morgan fingerprint density at radius 2 is 2.04 bits per heavy atom. The van der Waals surface area contributed by atoms with Crippen LogP contribution in [0.1, 0.15) is 35.5 Å². The number of pyridine rings is 1. The van der Waals surface area contributed by atoms with Crippen molar-refractivity contribution in [1.29, 1.82) is 0 Å². The Morgan fingerprint density at radius 3 is 2.75 bits per heavy atom. The Hall–Kier alpha value is -2.40. The van der Waals surface area contributed by atoms with Crippen LogP contribution in [-0.2, 0) is 11.3 Å². The molecule has 1 aromatic carbocycles. The molecule has 0 unspecified atom stereocenters. The van der Waals surface area contributed by atoms with Crippen molar-refractivity contribution >= 4 is 28.5 Å². The predicted molar refractivity (Wildman–Crippen MR) is 95.5 cm³/mol. The van der Waals surface area contributed by atoms with Crippen LogP contribution in [0.2, 0.25) is 5.02 Å². The molecule has 0 atom stereocenters. The normalized spacial score (nSPS) is 10.2. The van der Waals surface area contributed by atoms with Gasteiger partial charge in [0.1, 0.15) is 0 Å². The van der Waals surface area contributed by atoms with Gasteiger partial charge in [0.05, 0.1) is 24.2 Å². The molecule has 0 aliphatic carbocycles. The number of esters is 1. The van der Waals surface area contributed by atoms with Gasteiger partial charge in [-0.15, -0.1) is 0 Å². The lowest BCUT2D eigenvalue weighted by atomic mass is 10.1. The fraction of sp³-hybridized carbons (Fsp3) is 0.278. The number of aryl methyl sites for hydroxylation is 1. The summed E-state index contributed by atoms with van der Waals surface area (Å²) in [6, 6.07) is 7.82. The highest BCUT2D eigenvalue weighted by molar-refractivity contribution is 6.31. The number of carbonyl (C=O) groups is 1. The molecule has 6 heteroatoms. The number of ether oxygens (including phenoxy) is 1. The zero-order chi connectivity index (χ0) is 17.7. The van der Waals surface area contributed by atoms with Crippen molar-refractivity contribution in [2.75, 3.05) is 7.11 Å². The molecule has 5 nitrogen and oxygen atoms in total. The number of carbonyl (C=O) groups excluding carboxylic acids is 1. The first-order valence-corrected chi connectivity index (χ1v) is 8.11. The second kappa shape index (κ2) is 7.93. The number of halogens is 1. The van der Waals surface area contributed by atoms with Gasteiger partial charge in [0.25, 0.3) is 0 Å². The quantitative estimate of drug-likeness (QED) is 0.666. The molecule has 0 bridgehead atoms. The Bertz CT molecular complexity index is 859. The summed E-state index contributed by atoms with van der Waals surface area (Å²) in [5.41, 5.74) is 3.07. The van der Waals surface area contributed by atoms with E-state index in [0.717, 1.165) is 22.0 Å². The molecule has 3 rings (SSSR count). The summed E-state index contributed by atoms with van der Waals surface area (Å²) in [5, 5.41) is 5.85.